The normalized spacial score (nSPS) is 12.6. The summed E-state index contributed by atoms with van der Waals surface area (Å²) in [6.07, 6.45) is 6.22. The van der Waals surface area contributed by atoms with Crippen LogP contribution >= 0.6 is 0 Å². The van der Waals surface area contributed by atoms with E-state index in [0.29, 0.717) is 0 Å². The van der Waals surface area contributed by atoms with Gasteiger partial charge in [0.15, 0.2) is 0 Å². The van der Waals surface area contributed by atoms with Crippen LogP contribution in [0.25, 0.3) is 67.4 Å². The van der Waals surface area contributed by atoms with Gasteiger partial charge in [0, 0.05) is 38.1 Å². The molecule has 7 aromatic rings. The predicted octanol–water partition coefficient (Wildman–Crippen LogP) is 8.16. The smallest absolute Gasteiger partial charge is 0.0542 e. The van der Waals surface area contributed by atoms with Crippen molar-refractivity contribution in [3.8, 4) is 22.5 Å². The van der Waals surface area contributed by atoms with E-state index in [4.69, 9.17) is 0 Å². The fourth-order valence-corrected chi connectivity index (χ4v) is 5.97. The number of hydrogen-bond donors (Lipinski definition) is 0. The first-order valence-electron chi connectivity index (χ1n) is 13.4. The van der Waals surface area contributed by atoms with Gasteiger partial charge >= 0.3 is 0 Å². The number of nitrogens with zero attached hydrogens (tertiary/aromatic N) is 2. The number of hydrogen-bond acceptors (Lipinski definition) is 0. The van der Waals surface area contributed by atoms with Crippen LogP contribution in [0.1, 0.15) is 6.92 Å². The number of aromatic nitrogens is 2. The Morgan fingerprint density at radius 1 is 0.538 bits per heavy atom. The van der Waals surface area contributed by atoms with Gasteiger partial charge in [0.25, 0.3) is 0 Å². The molecule has 0 bridgehead atoms. The van der Waals surface area contributed by atoms with Gasteiger partial charge in [0.2, 0.25) is 0 Å². The van der Waals surface area contributed by atoms with Gasteiger partial charge < -0.3 is 9.13 Å². The van der Waals surface area contributed by atoms with Crippen LogP contribution in [0.15, 0.2) is 134 Å². The second kappa shape index (κ2) is 9.34. The summed E-state index contributed by atoms with van der Waals surface area (Å²) in [5.74, 6) is 0. The molecule has 0 aliphatic heterocycles. The molecule has 0 N–H and O–H groups in total. The minimum absolute atomic E-state index is 1.14. The van der Waals surface area contributed by atoms with Crippen molar-refractivity contribution in [2.75, 3.05) is 0 Å². The van der Waals surface area contributed by atoms with Gasteiger partial charge in [0.1, 0.15) is 0 Å². The molecule has 0 spiro atoms. The van der Waals surface area contributed by atoms with Crippen LogP contribution in [-0.4, -0.2) is 9.13 Å². The van der Waals surface area contributed by atoms with E-state index in [1.54, 1.807) is 0 Å². The average molecular weight is 501 g/mol. The Morgan fingerprint density at radius 3 is 1.85 bits per heavy atom. The van der Waals surface area contributed by atoms with Crippen molar-refractivity contribution in [3.63, 3.8) is 0 Å². The summed E-state index contributed by atoms with van der Waals surface area (Å²) >= 11 is 0. The molecule has 0 aliphatic rings. The molecule has 2 nitrogen and oxygen atoms in total. The lowest BCUT2D eigenvalue weighted by atomic mass is 10.1. The molecule has 0 atom stereocenters. The van der Waals surface area contributed by atoms with Crippen LogP contribution in [0.2, 0.25) is 0 Å². The summed E-state index contributed by atoms with van der Waals surface area (Å²) in [4.78, 5) is 0. The second-order valence-electron chi connectivity index (χ2n) is 9.81. The minimum atomic E-state index is 1.14. The lowest BCUT2D eigenvalue weighted by Crippen LogP contribution is -2.27. The molecular formula is C37H28N2. The van der Waals surface area contributed by atoms with E-state index in [0.717, 1.165) is 16.7 Å². The van der Waals surface area contributed by atoms with E-state index in [-0.39, 0.29) is 0 Å². The zero-order valence-corrected chi connectivity index (χ0v) is 21.9. The number of allylic oxidation sites excluding steroid dienone is 1. The second-order valence-corrected chi connectivity index (χ2v) is 9.81. The Labute approximate surface area is 227 Å². The van der Waals surface area contributed by atoms with Gasteiger partial charge in [-0.3, -0.25) is 0 Å². The third kappa shape index (κ3) is 3.65. The van der Waals surface area contributed by atoms with Gasteiger partial charge in [-0.2, -0.15) is 0 Å². The lowest BCUT2D eigenvalue weighted by molar-refractivity contribution is 1.07. The molecular weight excluding hydrogens is 472 g/mol. The van der Waals surface area contributed by atoms with Gasteiger partial charge in [-0.05, 0) is 60.5 Å². The summed E-state index contributed by atoms with van der Waals surface area (Å²) in [5.41, 5.74) is 8.30. The zero-order valence-electron chi connectivity index (χ0n) is 21.9. The van der Waals surface area contributed by atoms with Gasteiger partial charge in [-0.25, -0.2) is 0 Å². The van der Waals surface area contributed by atoms with E-state index >= 15 is 0 Å². The third-order valence-corrected chi connectivity index (χ3v) is 7.64. The highest BCUT2D eigenvalue weighted by atomic mass is 15.0. The monoisotopic (exact) mass is 500 g/mol. The highest BCUT2D eigenvalue weighted by Crippen LogP contribution is 2.32. The van der Waals surface area contributed by atoms with Crippen molar-refractivity contribution in [1.82, 2.24) is 9.13 Å². The van der Waals surface area contributed by atoms with Crippen molar-refractivity contribution in [3.05, 3.63) is 145 Å². The molecule has 186 valence electrons. The van der Waals surface area contributed by atoms with Crippen LogP contribution in [-0.2, 0) is 0 Å². The molecule has 0 unspecified atom stereocenters. The van der Waals surface area contributed by atoms with E-state index in [1.807, 2.05) is 6.08 Å². The highest BCUT2D eigenvalue weighted by molar-refractivity contribution is 6.09. The highest BCUT2D eigenvalue weighted by Gasteiger charge is 2.15. The Hall–Kier alpha value is -5.08. The first-order chi connectivity index (χ1) is 19.3. The minimum Gasteiger partial charge on any atom is -0.310 e. The molecule has 5 aromatic carbocycles. The molecule has 39 heavy (non-hydrogen) atoms. The van der Waals surface area contributed by atoms with E-state index < -0.39 is 0 Å². The maximum absolute atomic E-state index is 4.04. The van der Waals surface area contributed by atoms with Crippen LogP contribution in [0, 0.1) is 0 Å². The Morgan fingerprint density at radius 2 is 1.15 bits per heavy atom. The van der Waals surface area contributed by atoms with E-state index in [2.05, 4.69) is 156 Å². The van der Waals surface area contributed by atoms with Gasteiger partial charge in [0.05, 0.1) is 16.6 Å². The Bertz CT molecular complexity index is 2090. The maximum atomic E-state index is 4.04. The summed E-state index contributed by atoms with van der Waals surface area (Å²) in [5, 5.41) is 6.07. The largest absolute Gasteiger partial charge is 0.310 e. The number of para-hydroxylation sites is 2. The quantitative estimate of drug-likeness (QED) is 0.231. The molecule has 2 heterocycles. The molecule has 0 saturated heterocycles. The molecule has 0 radical (unpaired) electrons. The Balaban J connectivity index is 1.52. The van der Waals surface area contributed by atoms with Crippen LogP contribution < -0.4 is 10.6 Å². The molecule has 2 heteroatoms. The number of benzene rings is 5. The van der Waals surface area contributed by atoms with Crippen LogP contribution in [0.5, 0.6) is 0 Å². The first-order valence-corrected chi connectivity index (χ1v) is 13.4. The fourth-order valence-electron chi connectivity index (χ4n) is 5.97. The first kappa shape index (κ1) is 23.1. The standard InChI is InChI=1S/C37H28N2/c1-3-13-30-33-25-29(39-35-20-10-8-18-31(35)32-19-9-11-21-36(32)39)22-23-37(33)38(34(30)4-2)28-17-12-16-27(24-28)26-14-6-5-7-15-26/h3-25H,1H2,2H3/b30-13-,34-4+. The van der Waals surface area contributed by atoms with Crippen molar-refractivity contribution in [2.45, 2.75) is 6.92 Å². The molecule has 0 saturated carbocycles. The molecule has 0 fully saturated rings. The topological polar surface area (TPSA) is 9.86 Å². The van der Waals surface area contributed by atoms with Crippen LogP contribution in [0.3, 0.4) is 0 Å². The van der Waals surface area contributed by atoms with Gasteiger partial charge in [-0.1, -0.05) is 104 Å². The number of fused-ring (bicyclic) bond motifs is 4. The van der Waals surface area contributed by atoms with Crippen LogP contribution in [0.4, 0.5) is 0 Å². The van der Waals surface area contributed by atoms with E-state index in [1.165, 1.54) is 49.1 Å². The number of rotatable bonds is 4. The van der Waals surface area contributed by atoms with Gasteiger partial charge in [-0.15, -0.1) is 0 Å². The third-order valence-electron chi connectivity index (χ3n) is 7.64. The van der Waals surface area contributed by atoms with Crippen molar-refractivity contribution < 1.29 is 0 Å². The molecule has 0 aliphatic carbocycles. The maximum Gasteiger partial charge on any atom is 0.0542 e. The van der Waals surface area contributed by atoms with E-state index in [9.17, 15) is 0 Å². The summed E-state index contributed by atoms with van der Waals surface area (Å²) in [7, 11) is 0. The lowest BCUT2D eigenvalue weighted by Gasteiger charge is -2.11. The molecule has 0 amide bonds. The fraction of sp³-hybridized carbons (Fsp3) is 0.0270. The summed E-state index contributed by atoms with van der Waals surface area (Å²) < 4.78 is 4.75. The average Bonchev–Trinajstić information content (AvgIpc) is 3.50. The van der Waals surface area contributed by atoms with Crippen molar-refractivity contribution in [2.24, 2.45) is 0 Å². The van der Waals surface area contributed by atoms with Crippen molar-refractivity contribution >= 4 is 44.9 Å². The molecule has 7 rings (SSSR count). The summed E-state index contributed by atoms with van der Waals surface area (Å²) in [6.45, 7) is 6.16. The summed E-state index contributed by atoms with van der Waals surface area (Å²) in [6, 6.07) is 43.5. The van der Waals surface area contributed by atoms with Crippen molar-refractivity contribution in [1.29, 1.82) is 0 Å². The SMILES string of the molecule is C=C/C=c1\c(=C/C)n(-c2cccc(-c3ccccc3)c2)c2ccc(-n3c4ccccc4c4ccccc43)cc12. The molecule has 2 aromatic heterocycles. The predicted molar refractivity (Wildman–Crippen MR) is 167 cm³/mol. The zero-order chi connectivity index (χ0) is 26.3. The Kier molecular flexibility index (Phi) is 5.53.